The Balaban J connectivity index is 4.11. The first-order chi connectivity index (χ1) is 13.0. The summed E-state index contributed by atoms with van der Waals surface area (Å²) in [7, 11) is 0. The van der Waals surface area contributed by atoms with Crippen LogP contribution in [0.3, 0.4) is 0 Å². The van der Waals surface area contributed by atoms with Gasteiger partial charge in [0.2, 0.25) is 0 Å². The van der Waals surface area contributed by atoms with E-state index in [1.807, 2.05) is 0 Å². The number of hydrogen-bond donors (Lipinski definition) is 4. The van der Waals surface area contributed by atoms with Gasteiger partial charge in [0.1, 0.15) is 18.3 Å². The predicted octanol–water partition coefficient (Wildman–Crippen LogP) is 1.93. The summed E-state index contributed by atoms with van der Waals surface area (Å²) in [5.74, 6) is -0.465. The quantitative estimate of drug-likeness (QED) is 0.208. The van der Waals surface area contributed by atoms with Crippen LogP contribution in [0.5, 0.6) is 0 Å². The van der Waals surface area contributed by atoms with Crippen molar-refractivity contribution in [3.63, 3.8) is 0 Å². The summed E-state index contributed by atoms with van der Waals surface area (Å²) in [6.45, 7) is 3.53. The molecular formula is C20H40O7. The summed E-state index contributed by atoms with van der Waals surface area (Å²) in [6.07, 6.45) is 4.75. The van der Waals surface area contributed by atoms with Crippen LogP contribution in [-0.4, -0.2) is 70.6 Å². The molecule has 7 heteroatoms. The van der Waals surface area contributed by atoms with Gasteiger partial charge in [-0.1, -0.05) is 58.3 Å². The lowest BCUT2D eigenvalue weighted by Gasteiger charge is -2.28. The van der Waals surface area contributed by atoms with Crippen molar-refractivity contribution < 1.29 is 34.7 Å². The summed E-state index contributed by atoms with van der Waals surface area (Å²) in [4.78, 5) is 12.0. The number of unbranched alkanes of at least 4 members (excludes halogenated alkanes) is 8. The molecule has 7 nitrogen and oxygen atoms in total. The van der Waals surface area contributed by atoms with E-state index < -0.39 is 37.0 Å². The number of ether oxygens (including phenoxy) is 2. The maximum absolute atomic E-state index is 12.0. The number of aliphatic hydroxyl groups excluding tert-OH is 4. The Morgan fingerprint density at radius 1 is 0.852 bits per heavy atom. The van der Waals surface area contributed by atoms with E-state index in [0.29, 0.717) is 13.0 Å². The van der Waals surface area contributed by atoms with Gasteiger partial charge in [-0.3, -0.25) is 4.79 Å². The Bertz CT molecular complexity index is 351. The van der Waals surface area contributed by atoms with Crippen LogP contribution in [0.25, 0.3) is 0 Å². The smallest absolute Gasteiger partial charge is 0.306 e. The van der Waals surface area contributed by atoms with E-state index in [-0.39, 0.29) is 13.0 Å². The molecule has 0 amide bonds. The molecule has 4 atom stereocenters. The molecule has 0 aliphatic heterocycles. The fraction of sp³-hybridized carbons (Fsp3) is 0.950. The summed E-state index contributed by atoms with van der Waals surface area (Å²) in [5, 5.41) is 38.3. The third-order valence-corrected chi connectivity index (χ3v) is 4.57. The largest absolute Gasteiger partial charge is 0.457 e. The molecule has 0 aliphatic rings. The molecule has 4 N–H and O–H groups in total. The van der Waals surface area contributed by atoms with Crippen molar-refractivity contribution in [2.45, 2.75) is 102 Å². The van der Waals surface area contributed by atoms with Gasteiger partial charge in [-0.2, -0.15) is 0 Å². The number of carbonyl (C=O) groups excluding carboxylic acids is 1. The van der Waals surface area contributed by atoms with Crippen molar-refractivity contribution in [1.82, 2.24) is 0 Å². The third-order valence-electron chi connectivity index (χ3n) is 4.57. The maximum Gasteiger partial charge on any atom is 0.306 e. The molecular weight excluding hydrogens is 352 g/mol. The van der Waals surface area contributed by atoms with E-state index in [2.05, 4.69) is 6.92 Å². The molecule has 0 aromatic rings. The van der Waals surface area contributed by atoms with Crippen LogP contribution in [0.4, 0.5) is 0 Å². The summed E-state index contributed by atoms with van der Waals surface area (Å²) < 4.78 is 10.4. The first-order valence-electron chi connectivity index (χ1n) is 10.4. The zero-order valence-corrected chi connectivity index (χ0v) is 17.0. The lowest BCUT2D eigenvalue weighted by atomic mass is 10.0. The summed E-state index contributed by atoms with van der Waals surface area (Å²) in [6, 6.07) is 0. The molecule has 162 valence electrons. The van der Waals surface area contributed by atoms with Crippen LogP contribution < -0.4 is 0 Å². The molecule has 0 rings (SSSR count). The average molecular weight is 393 g/mol. The molecule has 27 heavy (non-hydrogen) atoms. The Morgan fingerprint density at radius 3 is 1.93 bits per heavy atom. The monoisotopic (exact) mass is 392 g/mol. The average Bonchev–Trinajstić information content (AvgIpc) is 2.67. The Morgan fingerprint density at radius 2 is 1.41 bits per heavy atom. The highest BCUT2D eigenvalue weighted by molar-refractivity contribution is 5.69. The zero-order chi connectivity index (χ0) is 20.5. The van der Waals surface area contributed by atoms with Crippen molar-refractivity contribution in [3.05, 3.63) is 0 Å². The van der Waals surface area contributed by atoms with Gasteiger partial charge in [-0.15, -0.1) is 0 Å². The standard InChI is InChI=1S/C20H40O7/c1-3-5-6-7-8-9-10-11-12-13-18(23)27-17(15-26-4-2)20(25)19(24)16(22)14-21/h16-17,19-22,24-25H,3-15H2,1-2H3/t16-,17+,19-,20-/m1/s1. The topological polar surface area (TPSA) is 116 Å². The van der Waals surface area contributed by atoms with Gasteiger partial charge in [0, 0.05) is 13.0 Å². The zero-order valence-electron chi connectivity index (χ0n) is 17.0. The van der Waals surface area contributed by atoms with Crippen molar-refractivity contribution in [1.29, 1.82) is 0 Å². The Kier molecular flexibility index (Phi) is 16.9. The molecule has 0 saturated carbocycles. The van der Waals surface area contributed by atoms with Gasteiger partial charge in [-0.05, 0) is 13.3 Å². The second-order valence-electron chi connectivity index (χ2n) is 7.00. The number of esters is 1. The summed E-state index contributed by atoms with van der Waals surface area (Å²) in [5.41, 5.74) is 0. The number of carbonyl (C=O) groups is 1. The maximum atomic E-state index is 12.0. The van der Waals surface area contributed by atoms with E-state index in [1.165, 1.54) is 38.5 Å². The van der Waals surface area contributed by atoms with E-state index >= 15 is 0 Å². The van der Waals surface area contributed by atoms with Crippen LogP contribution >= 0.6 is 0 Å². The molecule has 0 aromatic heterocycles. The van der Waals surface area contributed by atoms with Crippen LogP contribution in [0.1, 0.15) is 78.1 Å². The van der Waals surface area contributed by atoms with Gasteiger partial charge >= 0.3 is 5.97 Å². The molecule has 0 aliphatic carbocycles. The molecule has 0 spiro atoms. The molecule has 0 unspecified atom stereocenters. The molecule has 0 heterocycles. The highest BCUT2D eigenvalue weighted by Gasteiger charge is 2.33. The molecule has 0 saturated heterocycles. The minimum atomic E-state index is -1.62. The first kappa shape index (κ1) is 26.3. The molecule has 0 aromatic carbocycles. The normalized spacial score (nSPS) is 15.9. The van der Waals surface area contributed by atoms with Crippen LogP contribution in [0, 0.1) is 0 Å². The highest BCUT2D eigenvalue weighted by Crippen LogP contribution is 2.13. The molecule has 0 bridgehead atoms. The second-order valence-corrected chi connectivity index (χ2v) is 7.00. The van der Waals surface area contributed by atoms with Crippen LogP contribution in [0.2, 0.25) is 0 Å². The fourth-order valence-electron chi connectivity index (χ4n) is 2.80. The second kappa shape index (κ2) is 17.4. The number of rotatable bonds is 18. The van der Waals surface area contributed by atoms with E-state index in [4.69, 9.17) is 14.6 Å². The molecule has 0 radical (unpaired) electrons. The van der Waals surface area contributed by atoms with E-state index in [1.54, 1.807) is 6.92 Å². The van der Waals surface area contributed by atoms with Gasteiger partial charge < -0.3 is 29.9 Å². The Labute approximate surface area is 163 Å². The van der Waals surface area contributed by atoms with Crippen LogP contribution in [0.15, 0.2) is 0 Å². The highest BCUT2D eigenvalue weighted by atomic mass is 16.6. The van der Waals surface area contributed by atoms with Crippen LogP contribution in [-0.2, 0) is 14.3 Å². The van der Waals surface area contributed by atoms with E-state index in [0.717, 1.165) is 12.8 Å². The lowest BCUT2D eigenvalue weighted by molar-refractivity contribution is -0.173. The van der Waals surface area contributed by atoms with Crippen molar-refractivity contribution >= 4 is 5.97 Å². The Hall–Kier alpha value is -0.730. The van der Waals surface area contributed by atoms with Crippen molar-refractivity contribution in [2.75, 3.05) is 19.8 Å². The van der Waals surface area contributed by atoms with E-state index in [9.17, 15) is 20.1 Å². The van der Waals surface area contributed by atoms with Gasteiger partial charge in [0.15, 0.2) is 6.10 Å². The number of hydrogen-bond acceptors (Lipinski definition) is 7. The SMILES string of the molecule is CCCCCCCCCCCC(=O)O[C@@H](COCC)[C@@H](O)[C@H](O)[C@H](O)CO. The lowest BCUT2D eigenvalue weighted by Crippen LogP contribution is -2.49. The minimum Gasteiger partial charge on any atom is -0.457 e. The summed E-state index contributed by atoms with van der Waals surface area (Å²) >= 11 is 0. The van der Waals surface area contributed by atoms with Crippen molar-refractivity contribution in [3.8, 4) is 0 Å². The number of aliphatic hydroxyl groups is 4. The molecule has 0 fully saturated rings. The first-order valence-corrected chi connectivity index (χ1v) is 10.4. The van der Waals surface area contributed by atoms with Gasteiger partial charge in [0.25, 0.3) is 0 Å². The van der Waals surface area contributed by atoms with Gasteiger partial charge in [-0.25, -0.2) is 0 Å². The third kappa shape index (κ3) is 13.1. The van der Waals surface area contributed by atoms with Crippen molar-refractivity contribution in [2.24, 2.45) is 0 Å². The van der Waals surface area contributed by atoms with Gasteiger partial charge in [0.05, 0.1) is 13.2 Å². The fourth-order valence-corrected chi connectivity index (χ4v) is 2.80. The predicted molar refractivity (Wildman–Crippen MR) is 103 cm³/mol. The minimum absolute atomic E-state index is 0.0869.